The smallest absolute Gasteiger partial charge is 0.166 e. The number of halogens is 4. The molecule has 4 heteroatoms. The van der Waals surface area contributed by atoms with Crippen molar-refractivity contribution in [3.63, 3.8) is 0 Å². The second kappa shape index (κ2) is 4.40. The van der Waals surface area contributed by atoms with Gasteiger partial charge in [0.15, 0.2) is 0 Å². The van der Waals surface area contributed by atoms with E-state index in [1.165, 1.54) is 12.1 Å². The van der Waals surface area contributed by atoms with E-state index in [1.807, 2.05) is 0 Å². The van der Waals surface area contributed by atoms with Crippen LogP contribution in [0.2, 0.25) is 0 Å². The highest BCUT2D eigenvalue weighted by Gasteiger charge is 2.32. The van der Waals surface area contributed by atoms with E-state index in [0.717, 1.165) is 41.8 Å². The van der Waals surface area contributed by atoms with E-state index in [1.54, 1.807) is 0 Å². The highest BCUT2D eigenvalue weighted by Crippen LogP contribution is 2.40. The van der Waals surface area contributed by atoms with Gasteiger partial charge >= 0.3 is 6.18 Å². The highest BCUT2D eigenvalue weighted by atomic mass is 79.9. The molecule has 1 saturated carbocycles. The van der Waals surface area contributed by atoms with Gasteiger partial charge in [0.1, 0.15) is 0 Å². The monoisotopic (exact) mass is 292 g/mol. The molecule has 2 rings (SSSR count). The van der Waals surface area contributed by atoms with E-state index >= 15 is 0 Å². The summed E-state index contributed by atoms with van der Waals surface area (Å²) >= 11 is 3.34. The largest absolute Gasteiger partial charge is 0.416 e. The van der Waals surface area contributed by atoms with Crippen LogP contribution in [0, 0.1) is 0 Å². The lowest BCUT2D eigenvalue weighted by Gasteiger charge is -2.15. The van der Waals surface area contributed by atoms with Crippen molar-refractivity contribution in [3.8, 4) is 0 Å². The lowest BCUT2D eigenvalue weighted by molar-refractivity contribution is -0.137. The van der Waals surface area contributed by atoms with Crippen LogP contribution in [0.3, 0.4) is 0 Å². The van der Waals surface area contributed by atoms with Crippen molar-refractivity contribution in [2.45, 2.75) is 37.8 Å². The topological polar surface area (TPSA) is 0 Å². The third-order valence-corrected chi connectivity index (χ3v) is 3.84. The summed E-state index contributed by atoms with van der Waals surface area (Å²) in [6, 6.07) is 3.93. The summed E-state index contributed by atoms with van der Waals surface area (Å²) in [6.07, 6.45) is -0.00538. The van der Waals surface area contributed by atoms with Crippen LogP contribution in [-0.4, -0.2) is 0 Å². The molecule has 0 atom stereocenters. The van der Waals surface area contributed by atoms with Crippen LogP contribution < -0.4 is 0 Å². The van der Waals surface area contributed by atoms with E-state index in [2.05, 4.69) is 15.9 Å². The Hall–Kier alpha value is -0.510. The summed E-state index contributed by atoms with van der Waals surface area (Å²) in [4.78, 5) is 0. The number of benzene rings is 1. The van der Waals surface area contributed by atoms with Gasteiger partial charge in [-0.25, -0.2) is 0 Å². The van der Waals surface area contributed by atoms with E-state index in [4.69, 9.17) is 0 Å². The molecule has 0 amide bonds. The van der Waals surface area contributed by atoms with Gasteiger partial charge in [-0.3, -0.25) is 0 Å². The van der Waals surface area contributed by atoms with E-state index in [9.17, 15) is 13.2 Å². The molecule has 0 unspecified atom stereocenters. The van der Waals surface area contributed by atoms with Gasteiger partial charge in [-0.1, -0.05) is 28.8 Å². The van der Waals surface area contributed by atoms with Gasteiger partial charge in [0, 0.05) is 4.47 Å². The Bertz CT molecular complexity index is 378. The van der Waals surface area contributed by atoms with Gasteiger partial charge in [0.25, 0.3) is 0 Å². The molecule has 0 aromatic heterocycles. The molecule has 0 saturated heterocycles. The van der Waals surface area contributed by atoms with Gasteiger partial charge < -0.3 is 0 Å². The molecule has 1 aromatic rings. The minimum absolute atomic E-state index is 0.289. The molecule has 0 nitrogen and oxygen atoms in total. The SMILES string of the molecule is FC(F)(F)c1ccc(Br)c(C2CCCC2)c1. The minimum Gasteiger partial charge on any atom is -0.166 e. The molecule has 16 heavy (non-hydrogen) atoms. The third kappa shape index (κ3) is 2.42. The van der Waals surface area contributed by atoms with E-state index in [-0.39, 0.29) is 5.92 Å². The van der Waals surface area contributed by atoms with Crippen molar-refractivity contribution in [3.05, 3.63) is 33.8 Å². The molecule has 0 bridgehead atoms. The maximum atomic E-state index is 12.6. The summed E-state index contributed by atoms with van der Waals surface area (Å²) in [5.41, 5.74) is 0.268. The zero-order valence-electron chi connectivity index (χ0n) is 8.65. The Morgan fingerprint density at radius 3 is 2.31 bits per heavy atom. The van der Waals surface area contributed by atoms with Crippen LogP contribution >= 0.6 is 15.9 Å². The van der Waals surface area contributed by atoms with Crippen LogP contribution in [-0.2, 0) is 6.18 Å². The Labute approximate surface area is 101 Å². The maximum absolute atomic E-state index is 12.6. The molecule has 0 heterocycles. The van der Waals surface area contributed by atoms with Crippen LogP contribution in [0.25, 0.3) is 0 Å². The first-order chi connectivity index (χ1) is 7.48. The second-order valence-electron chi connectivity index (χ2n) is 4.22. The van der Waals surface area contributed by atoms with Crippen molar-refractivity contribution in [2.75, 3.05) is 0 Å². The fourth-order valence-corrected chi connectivity index (χ4v) is 2.84. The molecule has 1 aliphatic rings. The molecule has 88 valence electrons. The Morgan fingerprint density at radius 1 is 1.12 bits per heavy atom. The first-order valence-corrected chi connectivity index (χ1v) is 6.14. The molecule has 0 radical (unpaired) electrons. The predicted octanol–water partition coefficient (Wildman–Crippen LogP) is 5.13. The van der Waals surface area contributed by atoms with Crippen molar-refractivity contribution < 1.29 is 13.2 Å². The number of hydrogen-bond acceptors (Lipinski definition) is 0. The average Bonchev–Trinajstić information content (AvgIpc) is 2.69. The predicted molar refractivity (Wildman–Crippen MR) is 60.4 cm³/mol. The molecular formula is C12H12BrF3. The Kier molecular flexibility index (Phi) is 3.29. The van der Waals surface area contributed by atoms with Crippen LogP contribution in [0.5, 0.6) is 0 Å². The standard InChI is InChI=1S/C12H12BrF3/c13-11-6-5-9(12(14,15)16)7-10(11)8-3-1-2-4-8/h5-8H,1-4H2. The second-order valence-corrected chi connectivity index (χ2v) is 5.07. The summed E-state index contributed by atoms with van der Waals surface area (Å²) in [5, 5.41) is 0. The van der Waals surface area contributed by atoms with Gasteiger partial charge in [-0.05, 0) is 42.5 Å². The fraction of sp³-hybridized carbons (Fsp3) is 0.500. The van der Waals surface area contributed by atoms with Gasteiger partial charge in [-0.15, -0.1) is 0 Å². The Balaban J connectivity index is 2.36. The lowest BCUT2D eigenvalue weighted by Crippen LogP contribution is -2.06. The Morgan fingerprint density at radius 2 is 1.75 bits per heavy atom. The highest BCUT2D eigenvalue weighted by molar-refractivity contribution is 9.10. The maximum Gasteiger partial charge on any atom is 0.416 e. The van der Waals surface area contributed by atoms with Gasteiger partial charge in [0.2, 0.25) is 0 Å². The quantitative estimate of drug-likeness (QED) is 0.673. The minimum atomic E-state index is -4.24. The van der Waals surface area contributed by atoms with Crippen molar-refractivity contribution >= 4 is 15.9 Å². The number of hydrogen-bond donors (Lipinski definition) is 0. The first-order valence-electron chi connectivity index (χ1n) is 5.35. The summed E-state index contributed by atoms with van der Waals surface area (Å²) < 4.78 is 38.5. The van der Waals surface area contributed by atoms with Crippen molar-refractivity contribution in [1.29, 1.82) is 0 Å². The van der Waals surface area contributed by atoms with Crippen molar-refractivity contribution in [1.82, 2.24) is 0 Å². The summed E-state index contributed by atoms with van der Waals surface area (Å²) in [7, 11) is 0. The molecule has 1 aromatic carbocycles. The fourth-order valence-electron chi connectivity index (χ4n) is 2.27. The van der Waals surface area contributed by atoms with E-state index in [0.29, 0.717) is 0 Å². The molecule has 0 spiro atoms. The van der Waals surface area contributed by atoms with Gasteiger partial charge in [-0.2, -0.15) is 13.2 Å². The summed E-state index contributed by atoms with van der Waals surface area (Å²) in [6.45, 7) is 0. The lowest BCUT2D eigenvalue weighted by atomic mass is 9.96. The van der Waals surface area contributed by atoms with Gasteiger partial charge in [0.05, 0.1) is 5.56 Å². The van der Waals surface area contributed by atoms with Crippen molar-refractivity contribution in [2.24, 2.45) is 0 Å². The normalized spacial score (nSPS) is 18.0. The number of rotatable bonds is 1. The number of alkyl halides is 3. The molecular weight excluding hydrogens is 281 g/mol. The molecule has 1 fully saturated rings. The third-order valence-electron chi connectivity index (χ3n) is 3.12. The molecule has 0 aliphatic heterocycles. The molecule has 1 aliphatic carbocycles. The van der Waals surface area contributed by atoms with Crippen LogP contribution in [0.1, 0.15) is 42.7 Å². The average molecular weight is 293 g/mol. The zero-order chi connectivity index (χ0) is 11.8. The first kappa shape index (κ1) is 12.0. The van der Waals surface area contributed by atoms with Crippen LogP contribution in [0.4, 0.5) is 13.2 Å². The zero-order valence-corrected chi connectivity index (χ0v) is 10.2. The van der Waals surface area contributed by atoms with Crippen LogP contribution in [0.15, 0.2) is 22.7 Å². The van der Waals surface area contributed by atoms with E-state index < -0.39 is 11.7 Å². The molecule has 0 N–H and O–H groups in total. The summed E-state index contributed by atoms with van der Waals surface area (Å²) in [5.74, 6) is 0.289.